The molecule has 0 saturated heterocycles. The van der Waals surface area contributed by atoms with Crippen molar-refractivity contribution in [3.8, 4) is 0 Å². The summed E-state index contributed by atoms with van der Waals surface area (Å²) in [5, 5.41) is 12.9. The van der Waals surface area contributed by atoms with Crippen molar-refractivity contribution < 1.29 is 5.11 Å². The first-order valence-electron chi connectivity index (χ1n) is 5.01. The molecule has 0 heterocycles. The van der Waals surface area contributed by atoms with E-state index in [0.29, 0.717) is 13.1 Å². The van der Waals surface area contributed by atoms with Crippen LogP contribution in [-0.2, 0) is 0 Å². The second-order valence-corrected chi connectivity index (χ2v) is 5.60. The molecule has 0 spiro atoms. The highest BCUT2D eigenvalue weighted by Gasteiger charge is 2.08. The third kappa shape index (κ3) is 4.41. The van der Waals surface area contributed by atoms with Crippen molar-refractivity contribution in [2.45, 2.75) is 6.10 Å². The van der Waals surface area contributed by atoms with Crippen LogP contribution in [0.15, 0.2) is 27.1 Å². The Labute approximate surface area is 113 Å². The molecule has 0 aliphatic rings. The van der Waals surface area contributed by atoms with E-state index in [1.807, 2.05) is 37.2 Å². The third-order valence-corrected chi connectivity index (χ3v) is 3.37. The van der Waals surface area contributed by atoms with Gasteiger partial charge >= 0.3 is 0 Å². The zero-order valence-electron chi connectivity index (χ0n) is 9.37. The Balaban J connectivity index is 2.54. The SMILES string of the molecule is CN(C)CC(O)CNc1c(Br)cccc1Br. The standard InChI is InChI=1S/C11H16Br2N2O/c1-15(2)7-8(16)6-14-11-9(12)4-3-5-10(11)13/h3-5,8,14,16H,6-7H2,1-2H3. The molecule has 1 unspecified atom stereocenters. The number of hydrogen-bond donors (Lipinski definition) is 2. The van der Waals surface area contributed by atoms with Crippen molar-refractivity contribution in [2.75, 3.05) is 32.5 Å². The zero-order chi connectivity index (χ0) is 12.1. The smallest absolute Gasteiger partial charge is 0.0838 e. The van der Waals surface area contributed by atoms with Gasteiger partial charge in [0.2, 0.25) is 0 Å². The summed E-state index contributed by atoms with van der Waals surface area (Å²) in [7, 11) is 3.88. The molecule has 1 atom stereocenters. The van der Waals surface area contributed by atoms with E-state index in [0.717, 1.165) is 14.6 Å². The minimum Gasteiger partial charge on any atom is -0.390 e. The Kier molecular flexibility index (Phi) is 5.75. The number of nitrogens with zero attached hydrogens (tertiary/aromatic N) is 1. The summed E-state index contributed by atoms with van der Waals surface area (Å²) >= 11 is 6.93. The fourth-order valence-corrected chi connectivity index (χ4v) is 2.65. The van der Waals surface area contributed by atoms with Crippen LogP contribution in [0.25, 0.3) is 0 Å². The molecule has 0 bridgehead atoms. The van der Waals surface area contributed by atoms with Gasteiger partial charge in [-0.25, -0.2) is 0 Å². The maximum atomic E-state index is 9.73. The lowest BCUT2D eigenvalue weighted by Gasteiger charge is -2.18. The molecule has 2 N–H and O–H groups in total. The maximum Gasteiger partial charge on any atom is 0.0838 e. The lowest BCUT2D eigenvalue weighted by molar-refractivity contribution is 0.148. The number of halogens is 2. The second-order valence-electron chi connectivity index (χ2n) is 3.89. The molecular weight excluding hydrogens is 336 g/mol. The molecule has 1 aromatic rings. The molecule has 1 rings (SSSR count). The summed E-state index contributed by atoms with van der Waals surface area (Å²) in [5.74, 6) is 0. The molecule has 0 amide bonds. The van der Waals surface area contributed by atoms with Gasteiger partial charge in [0, 0.05) is 22.0 Å². The largest absolute Gasteiger partial charge is 0.390 e. The van der Waals surface area contributed by atoms with Gasteiger partial charge in [-0.15, -0.1) is 0 Å². The van der Waals surface area contributed by atoms with Gasteiger partial charge in [0.25, 0.3) is 0 Å². The Morgan fingerprint density at radius 1 is 1.31 bits per heavy atom. The number of nitrogens with one attached hydrogen (secondary N) is 1. The van der Waals surface area contributed by atoms with E-state index in [1.54, 1.807) is 0 Å². The van der Waals surface area contributed by atoms with Gasteiger partial charge in [-0.1, -0.05) is 6.07 Å². The number of hydrogen-bond acceptors (Lipinski definition) is 3. The number of para-hydroxylation sites is 1. The molecule has 0 aliphatic heterocycles. The van der Waals surface area contributed by atoms with Gasteiger partial charge in [0.15, 0.2) is 0 Å². The van der Waals surface area contributed by atoms with Crippen LogP contribution in [0, 0.1) is 0 Å². The van der Waals surface area contributed by atoms with E-state index < -0.39 is 0 Å². The van der Waals surface area contributed by atoms with Gasteiger partial charge in [-0.05, 0) is 58.1 Å². The quantitative estimate of drug-likeness (QED) is 0.855. The third-order valence-electron chi connectivity index (χ3n) is 2.05. The number of rotatable bonds is 5. The van der Waals surface area contributed by atoms with Crippen molar-refractivity contribution >= 4 is 37.5 Å². The van der Waals surface area contributed by atoms with Crippen LogP contribution >= 0.6 is 31.9 Å². The first-order valence-corrected chi connectivity index (χ1v) is 6.60. The lowest BCUT2D eigenvalue weighted by atomic mass is 10.3. The molecule has 0 radical (unpaired) electrons. The van der Waals surface area contributed by atoms with Crippen LogP contribution in [0.3, 0.4) is 0 Å². The fourth-order valence-electron chi connectivity index (χ4n) is 1.37. The van der Waals surface area contributed by atoms with E-state index >= 15 is 0 Å². The van der Waals surface area contributed by atoms with Crippen LogP contribution in [0.2, 0.25) is 0 Å². The maximum absolute atomic E-state index is 9.73. The Morgan fingerprint density at radius 3 is 2.38 bits per heavy atom. The van der Waals surface area contributed by atoms with Gasteiger partial charge in [0.05, 0.1) is 11.8 Å². The Bertz CT molecular complexity index is 325. The van der Waals surface area contributed by atoms with Crippen LogP contribution in [0.5, 0.6) is 0 Å². The number of aliphatic hydroxyl groups excluding tert-OH is 1. The minimum absolute atomic E-state index is 0.381. The second kappa shape index (κ2) is 6.59. The van der Waals surface area contributed by atoms with Crippen LogP contribution in [0.1, 0.15) is 0 Å². The minimum atomic E-state index is -0.381. The van der Waals surface area contributed by atoms with Crippen LogP contribution < -0.4 is 5.32 Å². The summed E-state index contributed by atoms with van der Waals surface area (Å²) in [5.41, 5.74) is 0.973. The lowest BCUT2D eigenvalue weighted by Crippen LogP contribution is -2.31. The van der Waals surface area contributed by atoms with Gasteiger partial charge in [-0.3, -0.25) is 0 Å². The summed E-state index contributed by atoms with van der Waals surface area (Å²) < 4.78 is 1.97. The Hall–Kier alpha value is -0.100. The summed E-state index contributed by atoms with van der Waals surface area (Å²) in [6.45, 7) is 1.18. The average molecular weight is 352 g/mol. The molecule has 1 aromatic carbocycles. The van der Waals surface area contributed by atoms with Crippen molar-refractivity contribution in [1.82, 2.24) is 4.90 Å². The highest BCUT2D eigenvalue weighted by molar-refractivity contribution is 9.11. The average Bonchev–Trinajstić information content (AvgIpc) is 2.15. The normalized spacial score (nSPS) is 12.9. The van der Waals surface area contributed by atoms with E-state index in [2.05, 4.69) is 37.2 Å². The van der Waals surface area contributed by atoms with Crippen LogP contribution in [0.4, 0.5) is 5.69 Å². The fraction of sp³-hybridized carbons (Fsp3) is 0.455. The number of likely N-dealkylation sites (N-methyl/N-ethyl adjacent to an activating group) is 1. The summed E-state index contributed by atoms with van der Waals surface area (Å²) in [6, 6.07) is 5.88. The molecule has 3 nitrogen and oxygen atoms in total. The van der Waals surface area contributed by atoms with Crippen molar-refractivity contribution in [1.29, 1.82) is 0 Å². The summed E-state index contributed by atoms with van der Waals surface area (Å²) in [4.78, 5) is 1.96. The highest BCUT2D eigenvalue weighted by atomic mass is 79.9. The van der Waals surface area contributed by atoms with Gasteiger partial charge in [0.1, 0.15) is 0 Å². The van der Waals surface area contributed by atoms with Crippen molar-refractivity contribution in [3.63, 3.8) is 0 Å². The van der Waals surface area contributed by atoms with E-state index in [1.165, 1.54) is 0 Å². The van der Waals surface area contributed by atoms with Crippen molar-refractivity contribution in [3.05, 3.63) is 27.1 Å². The molecule has 16 heavy (non-hydrogen) atoms. The molecular formula is C11H16Br2N2O. The molecule has 5 heteroatoms. The molecule has 0 aliphatic carbocycles. The van der Waals surface area contributed by atoms with E-state index in [4.69, 9.17) is 0 Å². The molecule has 90 valence electrons. The van der Waals surface area contributed by atoms with Gasteiger partial charge in [-0.2, -0.15) is 0 Å². The predicted molar refractivity (Wildman–Crippen MR) is 74.9 cm³/mol. The molecule has 0 saturated carbocycles. The topological polar surface area (TPSA) is 35.5 Å². The first-order chi connectivity index (χ1) is 7.50. The predicted octanol–water partition coefficient (Wildman–Crippen LogP) is 2.55. The molecule has 0 fully saturated rings. The number of benzene rings is 1. The van der Waals surface area contributed by atoms with Gasteiger partial charge < -0.3 is 15.3 Å². The number of anilines is 1. The first kappa shape index (κ1) is 14.0. The summed E-state index contributed by atoms with van der Waals surface area (Å²) in [6.07, 6.45) is -0.381. The monoisotopic (exact) mass is 350 g/mol. The van der Waals surface area contributed by atoms with E-state index in [9.17, 15) is 5.11 Å². The number of aliphatic hydroxyl groups is 1. The molecule has 0 aromatic heterocycles. The van der Waals surface area contributed by atoms with Crippen molar-refractivity contribution in [2.24, 2.45) is 0 Å². The van der Waals surface area contributed by atoms with Crippen LogP contribution in [-0.4, -0.2) is 43.3 Å². The van der Waals surface area contributed by atoms with E-state index in [-0.39, 0.29) is 6.10 Å². The zero-order valence-corrected chi connectivity index (χ0v) is 12.5. The Morgan fingerprint density at radius 2 is 1.88 bits per heavy atom. The highest BCUT2D eigenvalue weighted by Crippen LogP contribution is 2.30.